The van der Waals surface area contributed by atoms with E-state index in [1.807, 2.05) is 32.6 Å². The minimum Gasteiger partial charge on any atom is -0.383 e. The van der Waals surface area contributed by atoms with Gasteiger partial charge < -0.3 is 20.1 Å². The molecule has 1 saturated heterocycles. The van der Waals surface area contributed by atoms with Crippen LogP contribution < -0.4 is 5.73 Å². The van der Waals surface area contributed by atoms with Gasteiger partial charge in [0.1, 0.15) is 5.54 Å². The van der Waals surface area contributed by atoms with Crippen LogP contribution in [-0.2, 0) is 14.3 Å². The molecule has 1 aliphatic heterocycles. The summed E-state index contributed by atoms with van der Waals surface area (Å²) in [5, 5.41) is 0. The van der Waals surface area contributed by atoms with Crippen LogP contribution >= 0.6 is 0 Å². The molecule has 0 aromatic carbocycles. The summed E-state index contributed by atoms with van der Waals surface area (Å²) in [7, 11) is 1.65. The van der Waals surface area contributed by atoms with Crippen molar-refractivity contribution < 1.29 is 14.3 Å². The standard InChI is InChI=1S/C15H28N2O3/c1-10(2)17(7-9-19-5)13(18)15(16)11-6-8-20-12(11)14(15,3)4/h10-12H,6-9,16H2,1-5H3. The molecule has 0 radical (unpaired) electrons. The highest BCUT2D eigenvalue weighted by Gasteiger charge is 2.71. The summed E-state index contributed by atoms with van der Waals surface area (Å²) in [5.74, 6) is 0.190. The Balaban J connectivity index is 2.21. The second-order valence-corrected chi connectivity index (χ2v) is 6.86. The summed E-state index contributed by atoms with van der Waals surface area (Å²) in [6, 6.07) is 0.121. The topological polar surface area (TPSA) is 64.8 Å². The van der Waals surface area contributed by atoms with Gasteiger partial charge in [-0.25, -0.2) is 0 Å². The van der Waals surface area contributed by atoms with Crippen molar-refractivity contribution in [3.8, 4) is 0 Å². The van der Waals surface area contributed by atoms with Crippen LogP contribution in [0.25, 0.3) is 0 Å². The molecule has 1 saturated carbocycles. The first-order valence-corrected chi connectivity index (χ1v) is 7.49. The molecule has 2 N–H and O–H groups in total. The molecule has 2 rings (SSSR count). The highest BCUT2D eigenvalue weighted by atomic mass is 16.5. The van der Waals surface area contributed by atoms with Crippen molar-refractivity contribution in [2.75, 3.05) is 26.9 Å². The molecule has 1 heterocycles. The van der Waals surface area contributed by atoms with Crippen LogP contribution in [0.4, 0.5) is 0 Å². The van der Waals surface area contributed by atoms with Gasteiger partial charge in [0.15, 0.2) is 0 Å². The molecular formula is C15H28N2O3. The van der Waals surface area contributed by atoms with E-state index in [9.17, 15) is 4.79 Å². The number of carbonyl (C=O) groups excluding carboxylic acids is 1. The summed E-state index contributed by atoms with van der Waals surface area (Å²) >= 11 is 0. The maximum Gasteiger partial charge on any atom is 0.244 e. The van der Waals surface area contributed by atoms with Crippen LogP contribution in [0.15, 0.2) is 0 Å². The fourth-order valence-electron chi connectivity index (χ4n) is 3.84. The lowest BCUT2D eigenvalue weighted by Gasteiger charge is -2.62. The van der Waals surface area contributed by atoms with Gasteiger partial charge in [0.25, 0.3) is 0 Å². The quantitative estimate of drug-likeness (QED) is 0.818. The van der Waals surface area contributed by atoms with Gasteiger partial charge >= 0.3 is 0 Å². The first-order chi connectivity index (χ1) is 9.28. The van der Waals surface area contributed by atoms with E-state index in [0.29, 0.717) is 19.8 Å². The average molecular weight is 284 g/mol. The Morgan fingerprint density at radius 1 is 1.50 bits per heavy atom. The van der Waals surface area contributed by atoms with Crippen molar-refractivity contribution >= 4 is 5.91 Å². The third-order valence-electron chi connectivity index (χ3n) is 5.23. The molecule has 1 aliphatic carbocycles. The number of amides is 1. The number of hydrogen-bond acceptors (Lipinski definition) is 4. The molecule has 5 nitrogen and oxygen atoms in total. The first-order valence-electron chi connectivity index (χ1n) is 7.49. The Morgan fingerprint density at radius 2 is 2.15 bits per heavy atom. The van der Waals surface area contributed by atoms with Crippen molar-refractivity contribution in [3.05, 3.63) is 0 Å². The molecule has 3 atom stereocenters. The van der Waals surface area contributed by atoms with E-state index >= 15 is 0 Å². The minimum absolute atomic E-state index is 0.0429. The van der Waals surface area contributed by atoms with Crippen LogP contribution in [0.3, 0.4) is 0 Å². The third-order valence-corrected chi connectivity index (χ3v) is 5.23. The number of carbonyl (C=O) groups is 1. The highest BCUT2D eigenvalue weighted by Crippen LogP contribution is 2.58. The Hall–Kier alpha value is -0.650. The molecular weight excluding hydrogens is 256 g/mol. The van der Waals surface area contributed by atoms with E-state index in [0.717, 1.165) is 6.42 Å². The van der Waals surface area contributed by atoms with Crippen LogP contribution in [0.5, 0.6) is 0 Å². The van der Waals surface area contributed by atoms with Crippen LogP contribution in [0.2, 0.25) is 0 Å². The van der Waals surface area contributed by atoms with Gasteiger partial charge in [-0.05, 0) is 20.3 Å². The Kier molecular flexibility index (Phi) is 4.15. The van der Waals surface area contributed by atoms with E-state index in [1.54, 1.807) is 7.11 Å². The van der Waals surface area contributed by atoms with Gasteiger partial charge in [0.2, 0.25) is 5.91 Å². The number of hydrogen-bond donors (Lipinski definition) is 1. The summed E-state index contributed by atoms with van der Waals surface area (Å²) in [5.41, 5.74) is 5.48. The number of nitrogens with zero attached hydrogens (tertiary/aromatic N) is 1. The van der Waals surface area contributed by atoms with E-state index in [1.165, 1.54) is 0 Å². The normalized spacial score (nSPS) is 34.8. The van der Waals surface area contributed by atoms with Crippen molar-refractivity contribution in [2.45, 2.75) is 51.8 Å². The Labute approximate surface area is 121 Å². The van der Waals surface area contributed by atoms with Crippen molar-refractivity contribution in [2.24, 2.45) is 17.1 Å². The summed E-state index contributed by atoms with van der Waals surface area (Å²) in [6.45, 7) is 9.96. The van der Waals surface area contributed by atoms with E-state index in [-0.39, 0.29) is 29.4 Å². The van der Waals surface area contributed by atoms with Crippen molar-refractivity contribution in [3.63, 3.8) is 0 Å². The van der Waals surface area contributed by atoms with Crippen LogP contribution in [-0.4, -0.2) is 55.4 Å². The molecule has 0 bridgehead atoms. The van der Waals surface area contributed by atoms with Crippen molar-refractivity contribution in [1.82, 2.24) is 4.90 Å². The SMILES string of the molecule is COCCN(C(=O)C1(N)C2CCOC2C1(C)C)C(C)C. The van der Waals surface area contributed by atoms with Crippen LogP contribution in [0, 0.1) is 11.3 Å². The highest BCUT2D eigenvalue weighted by molar-refractivity contribution is 5.90. The first kappa shape index (κ1) is 15.7. The van der Waals surface area contributed by atoms with Gasteiger partial charge in [-0.3, -0.25) is 4.79 Å². The predicted molar refractivity (Wildman–Crippen MR) is 77.3 cm³/mol. The van der Waals surface area contributed by atoms with Gasteiger partial charge in [-0.15, -0.1) is 0 Å². The van der Waals surface area contributed by atoms with Gasteiger partial charge in [0, 0.05) is 37.6 Å². The van der Waals surface area contributed by atoms with E-state index in [4.69, 9.17) is 15.2 Å². The maximum absolute atomic E-state index is 13.0. The maximum atomic E-state index is 13.0. The summed E-state index contributed by atoms with van der Waals surface area (Å²) in [6.07, 6.45) is 1.000. The number of methoxy groups -OCH3 is 1. The third kappa shape index (κ3) is 1.98. The lowest BCUT2D eigenvalue weighted by Crippen LogP contribution is -2.80. The molecule has 0 spiro atoms. The molecule has 20 heavy (non-hydrogen) atoms. The molecule has 3 unspecified atom stereocenters. The number of ether oxygens (including phenoxy) is 2. The number of nitrogens with two attached hydrogens (primary N) is 1. The van der Waals surface area contributed by atoms with Gasteiger partial charge in [-0.2, -0.15) is 0 Å². The monoisotopic (exact) mass is 284 g/mol. The smallest absolute Gasteiger partial charge is 0.244 e. The molecule has 0 aromatic heterocycles. The van der Waals surface area contributed by atoms with Crippen LogP contribution in [0.1, 0.15) is 34.1 Å². The van der Waals surface area contributed by atoms with E-state index in [2.05, 4.69) is 0 Å². The predicted octanol–water partition coefficient (Wildman–Crippen LogP) is 1.01. The molecule has 1 amide bonds. The van der Waals surface area contributed by atoms with Gasteiger partial charge in [-0.1, -0.05) is 13.8 Å². The second-order valence-electron chi connectivity index (χ2n) is 6.86. The summed E-state index contributed by atoms with van der Waals surface area (Å²) in [4.78, 5) is 14.9. The Morgan fingerprint density at radius 3 is 2.70 bits per heavy atom. The molecule has 0 aromatic rings. The number of rotatable bonds is 5. The van der Waals surface area contributed by atoms with E-state index < -0.39 is 5.54 Å². The number of fused-ring (bicyclic) bond motifs is 1. The molecule has 2 fully saturated rings. The molecule has 2 aliphatic rings. The fourth-order valence-corrected chi connectivity index (χ4v) is 3.84. The zero-order valence-electron chi connectivity index (χ0n) is 13.3. The average Bonchev–Trinajstić information content (AvgIpc) is 2.85. The Bertz CT molecular complexity index is 383. The van der Waals surface area contributed by atoms with Crippen molar-refractivity contribution in [1.29, 1.82) is 0 Å². The zero-order valence-corrected chi connectivity index (χ0v) is 13.3. The molecule has 5 heteroatoms. The fraction of sp³-hybridized carbons (Fsp3) is 0.933. The lowest BCUT2D eigenvalue weighted by atomic mass is 9.47. The lowest BCUT2D eigenvalue weighted by molar-refractivity contribution is -0.186. The summed E-state index contributed by atoms with van der Waals surface area (Å²) < 4.78 is 10.9. The molecule has 116 valence electrons. The van der Waals surface area contributed by atoms with Gasteiger partial charge in [0.05, 0.1) is 12.7 Å². The minimum atomic E-state index is -0.813. The largest absolute Gasteiger partial charge is 0.383 e. The second kappa shape index (κ2) is 5.28. The zero-order chi connectivity index (χ0) is 15.1.